The van der Waals surface area contributed by atoms with Crippen LogP contribution in [0.25, 0.3) is 5.69 Å². The fraction of sp³-hybridized carbons (Fsp3) is 0.160. The van der Waals surface area contributed by atoms with Gasteiger partial charge in [-0.3, -0.25) is 14.7 Å². The molecule has 0 spiro atoms. The Bertz CT molecular complexity index is 1370. The fourth-order valence-electron chi connectivity index (χ4n) is 3.46. The van der Waals surface area contributed by atoms with Crippen LogP contribution in [0.15, 0.2) is 78.0 Å². The van der Waals surface area contributed by atoms with Crippen molar-refractivity contribution >= 4 is 29.2 Å². The number of nitro benzene ring substituents is 1. The van der Waals surface area contributed by atoms with Gasteiger partial charge in [-0.1, -0.05) is 36.0 Å². The van der Waals surface area contributed by atoms with E-state index in [-0.39, 0.29) is 18.3 Å². The number of nitrogens with zero attached hydrogens (tertiary/aromatic N) is 4. The molecule has 0 fully saturated rings. The number of hydrogen-bond donors (Lipinski definition) is 2. The minimum absolute atomic E-state index is 0.0189. The summed E-state index contributed by atoms with van der Waals surface area (Å²) in [5.41, 5.74) is 3.38. The highest BCUT2D eigenvalue weighted by molar-refractivity contribution is 7.98. The summed E-state index contributed by atoms with van der Waals surface area (Å²) in [6.45, 7) is 2.04. The second kappa shape index (κ2) is 11.4. The van der Waals surface area contributed by atoms with Gasteiger partial charge in [-0.15, -0.1) is 10.2 Å². The summed E-state index contributed by atoms with van der Waals surface area (Å²) in [5, 5.41) is 25.9. The molecule has 0 aliphatic heterocycles. The number of aryl methyl sites for hydroxylation is 1. The molecule has 184 valence electrons. The number of urea groups is 1. The van der Waals surface area contributed by atoms with Gasteiger partial charge in [0.2, 0.25) is 0 Å². The van der Waals surface area contributed by atoms with Crippen LogP contribution in [0.5, 0.6) is 5.75 Å². The van der Waals surface area contributed by atoms with Crippen LogP contribution in [0.1, 0.15) is 17.0 Å². The molecule has 2 amide bonds. The lowest BCUT2D eigenvalue weighted by atomic mass is 10.2. The average molecular weight is 505 g/mol. The highest BCUT2D eigenvalue weighted by Crippen LogP contribution is 2.27. The Morgan fingerprint density at radius 2 is 1.86 bits per heavy atom. The van der Waals surface area contributed by atoms with Crippen molar-refractivity contribution in [3.05, 3.63) is 99.9 Å². The Hall–Kier alpha value is -4.38. The molecule has 1 heterocycles. The Balaban J connectivity index is 1.54. The predicted octanol–water partition coefficient (Wildman–Crippen LogP) is 5.11. The van der Waals surface area contributed by atoms with Gasteiger partial charge in [0.25, 0.3) is 5.69 Å². The Morgan fingerprint density at radius 3 is 2.58 bits per heavy atom. The molecule has 0 saturated heterocycles. The van der Waals surface area contributed by atoms with Crippen LogP contribution in [-0.4, -0.2) is 32.8 Å². The van der Waals surface area contributed by atoms with E-state index in [0.29, 0.717) is 28.1 Å². The molecule has 4 rings (SSSR count). The molecule has 4 aromatic rings. The molecule has 0 radical (unpaired) electrons. The monoisotopic (exact) mass is 504 g/mol. The van der Waals surface area contributed by atoms with Crippen molar-refractivity contribution in [2.75, 3.05) is 12.4 Å². The lowest BCUT2D eigenvalue weighted by molar-refractivity contribution is -0.384. The maximum absolute atomic E-state index is 12.5. The molecule has 0 bridgehead atoms. The van der Waals surface area contributed by atoms with Crippen molar-refractivity contribution in [1.29, 1.82) is 0 Å². The van der Waals surface area contributed by atoms with Gasteiger partial charge >= 0.3 is 6.03 Å². The number of ether oxygens (including phenoxy) is 1. The molecule has 11 heteroatoms. The Kier molecular flexibility index (Phi) is 7.81. The smallest absolute Gasteiger partial charge is 0.319 e. The number of carbonyl (C=O) groups excluding carboxylic acids is 1. The third kappa shape index (κ3) is 6.19. The number of anilines is 1. The van der Waals surface area contributed by atoms with Crippen LogP contribution in [0.4, 0.5) is 16.2 Å². The number of benzene rings is 3. The van der Waals surface area contributed by atoms with Crippen molar-refractivity contribution in [1.82, 2.24) is 20.1 Å². The van der Waals surface area contributed by atoms with E-state index in [1.807, 2.05) is 49.4 Å². The average Bonchev–Trinajstić information content (AvgIpc) is 3.29. The second-order valence-corrected chi connectivity index (χ2v) is 8.77. The van der Waals surface area contributed by atoms with Crippen molar-refractivity contribution < 1.29 is 14.5 Å². The number of rotatable bonds is 9. The van der Waals surface area contributed by atoms with Gasteiger partial charge in [0, 0.05) is 29.3 Å². The summed E-state index contributed by atoms with van der Waals surface area (Å²) in [6, 6.07) is 20.9. The second-order valence-electron chi connectivity index (χ2n) is 7.83. The van der Waals surface area contributed by atoms with Crippen LogP contribution in [0, 0.1) is 17.0 Å². The normalized spacial score (nSPS) is 10.6. The van der Waals surface area contributed by atoms with Crippen LogP contribution >= 0.6 is 11.8 Å². The zero-order valence-corrected chi connectivity index (χ0v) is 20.5. The lowest BCUT2D eigenvalue weighted by Gasteiger charge is -2.12. The van der Waals surface area contributed by atoms with E-state index in [1.165, 1.54) is 23.9 Å². The molecule has 10 nitrogen and oxygen atoms in total. The Morgan fingerprint density at radius 1 is 1.08 bits per heavy atom. The first-order valence-electron chi connectivity index (χ1n) is 11.0. The number of amides is 2. The molecule has 0 aliphatic rings. The summed E-state index contributed by atoms with van der Waals surface area (Å²) in [6.07, 6.45) is 0. The summed E-state index contributed by atoms with van der Waals surface area (Å²) in [7, 11) is 1.62. The molecule has 3 aromatic carbocycles. The first-order chi connectivity index (χ1) is 17.4. The van der Waals surface area contributed by atoms with E-state index < -0.39 is 4.92 Å². The van der Waals surface area contributed by atoms with Crippen LogP contribution in [-0.2, 0) is 12.3 Å². The number of aromatic nitrogens is 3. The topological polar surface area (TPSA) is 124 Å². The van der Waals surface area contributed by atoms with Gasteiger partial charge in [-0.05, 0) is 54.4 Å². The minimum atomic E-state index is -0.452. The van der Waals surface area contributed by atoms with Gasteiger partial charge in [-0.25, -0.2) is 4.79 Å². The van der Waals surface area contributed by atoms with Gasteiger partial charge in [0.05, 0.1) is 18.6 Å². The number of non-ortho nitro benzene ring substituents is 1. The molecule has 1 aromatic heterocycles. The maximum Gasteiger partial charge on any atom is 0.319 e. The molecule has 0 aliphatic carbocycles. The largest absolute Gasteiger partial charge is 0.497 e. The number of methoxy groups -OCH3 is 1. The first kappa shape index (κ1) is 24.7. The first-order valence-corrected chi connectivity index (χ1v) is 12.0. The zero-order valence-electron chi connectivity index (χ0n) is 19.7. The zero-order chi connectivity index (χ0) is 25.5. The summed E-state index contributed by atoms with van der Waals surface area (Å²) < 4.78 is 7.07. The third-order valence-electron chi connectivity index (χ3n) is 5.20. The Labute approximate surface area is 211 Å². The van der Waals surface area contributed by atoms with Gasteiger partial charge in [-0.2, -0.15) is 0 Å². The highest BCUT2D eigenvalue weighted by atomic mass is 32.2. The molecule has 0 unspecified atom stereocenters. The number of nitro groups is 1. The van der Waals surface area contributed by atoms with Crippen molar-refractivity contribution in [2.24, 2.45) is 0 Å². The molecule has 0 atom stereocenters. The van der Waals surface area contributed by atoms with Crippen molar-refractivity contribution in [2.45, 2.75) is 24.4 Å². The molecular weight excluding hydrogens is 480 g/mol. The van der Waals surface area contributed by atoms with Gasteiger partial charge in [0.15, 0.2) is 11.0 Å². The molecule has 36 heavy (non-hydrogen) atoms. The van der Waals surface area contributed by atoms with E-state index in [4.69, 9.17) is 4.74 Å². The summed E-state index contributed by atoms with van der Waals surface area (Å²) in [4.78, 5) is 23.1. The van der Waals surface area contributed by atoms with E-state index in [9.17, 15) is 14.9 Å². The maximum atomic E-state index is 12.5. The van der Waals surface area contributed by atoms with Crippen LogP contribution < -0.4 is 15.4 Å². The van der Waals surface area contributed by atoms with E-state index in [1.54, 1.807) is 29.9 Å². The predicted molar refractivity (Wildman–Crippen MR) is 138 cm³/mol. The molecule has 0 saturated carbocycles. The number of nitrogens with one attached hydrogen (secondary N) is 2. The summed E-state index contributed by atoms with van der Waals surface area (Å²) >= 11 is 1.46. The quantitative estimate of drug-likeness (QED) is 0.184. The van der Waals surface area contributed by atoms with Gasteiger partial charge < -0.3 is 15.4 Å². The van der Waals surface area contributed by atoms with Crippen LogP contribution in [0.3, 0.4) is 0 Å². The van der Waals surface area contributed by atoms with Crippen molar-refractivity contribution in [3.8, 4) is 11.4 Å². The molecule has 2 N–H and O–H groups in total. The lowest BCUT2D eigenvalue weighted by Crippen LogP contribution is -2.29. The number of hydrogen-bond acceptors (Lipinski definition) is 7. The van der Waals surface area contributed by atoms with E-state index >= 15 is 0 Å². The third-order valence-corrected chi connectivity index (χ3v) is 6.20. The van der Waals surface area contributed by atoms with Crippen LogP contribution in [0.2, 0.25) is 0 Å². The highest BCUT2D eigenvalue weighted by Gasteiger charge is 2.17. The fourth-order valence-corrected chi connectivity index (χ4v) is 4.37. The van der Waals surface area contributed by atoms with E-state index in [2.05, 4.69) is 20.8 Å². The minimum Gasteiger partial charge on any atom is -0.497 e. The van der Waals surface area contributed by atoms with Gasteiger partial charge in [0.1, 0.15) is 5.75 Å². The van der Waals surface area contributed by atoms with Crippen molar-refractivity contribution in [3.63, 3.8) is 0 Å². The number of carbonyl (C=O) groups is 1. The SMILES string of the molecule is COc1cccc(CSc2nnc(CNC(=O)Nc3cccc(C)c3)n2-c2ccc([N+](=O)[O-])cc2)c1. The molecular formula is C25H24N6O4S. The summed E-state index contributed by atoms with van der Waals surface area (Å²) in [5.74, 6) is 1.84. The van der Waals surface area contributed by atoms with E-state index in [0.717, 1.165) is 16.9 Å². The number of thioether (sulfide) groups is 1. The standard InChI is InChI=1S/C25H24N6O4S/c1-17-5-3-7-19(13-17)27-24(32)26-15-23-28-29-25(36-16-18-6-4-8-22(14-18)35-2)30(23)20-9-11-21(12-10-20)31(33)34/h3-14H,15-16H2,1-2H3,(H2,26,27,32).